The van der Waals surface area contributed by atoms with Crippen LogP contribution in [0.4, 0.5) is 5.69 Å². The Morgan fingerprint density at radius 2 is 2.20 bits per heavy atom. The van der Waals surface area contributed by atoms with E-state index in [1.807, 2.05) is 12.1 Å². The van der Waals surface area contributed by atoms with Crippen LogP contribution in [-0.2, 0) is 6.54 Å². The molecule has 3 rings (SSSR count). The normalized spacial score (nSPS) is 14.2. The van der Waals surface area contributed by atoms with Crippen LogP contribution in [0, 0.1) is 5.41 Å². The summed E-state index contributed by atoms with van der Waals surface area (Å²) in [6, 6.07) is 8.74. The molecule has 0 amide bonds. The van der Waals surface area contributed by atoms with Crippen molar-refractivity contribution in [2.45, 2.75) is 25.4 Å². The van der Waals surface area contributed by atoms with E-state index in [4.69, 9.17) is 11.1 Å². The van der Waals surface area contributed by atoms with Crippen molar-refractivity contribution in [1.82, 2.24) is 0 Å². The lowest BCUT2D eigenvalue weighted by molar-refractivity contribution is 0.795. The first-order chi connectivity index (χ1) is 9.66. The van der Waals surface area contributed by atoms with Gasteiger partial charge in [0.05, 0.1) is 5.56 Å². The molecule has 0 saturated heterocycles. The van der Waals surface area contributed by atoms with Gasteiger partial charge in [0.2, 0.25) is 0 Å². The number of rotatable bonds is 5. The Bertz CT molecular complexity index is 620. The number of nitrogens with one attached hydrogen (secondary N) is 1. The second kappa shape index (κ2) is 5.58. The summed E-state index contributed by atoms with van der Waals surface area (Å²) >= 11 is 5.24. The van der Waals surface area contributed by atoms with E-state index < -0.39 is 0 Å². The molecule has 1 aliphatic carbocycles. The van der Waals surface area contributed by atoms with Crippen LogP contribution < -0.4 is 10.6 Å². The molecule has 1 saturated carbocycles. The third-order valence-corrected chi connectivity index (χ3v) is 4.88. The maximum absolute atomic E-state index is 7.84. The van der Waals surface area contributed by atoms with Gasteiger partial charge in [-0.3, -0.25) is 5.41 Å². The van der Waals surface area contributed by atoms with Gasteiger partial charge in [0.25, 0.3) is 0 Å². The van der Waals surface area contributed by atoms with Crippen molar-refractivity contribution in [3.8, 4) is 0 Å². The number of nitrogens with zero attached hydrogens (tertiary/aromatic N) is 1. The van der Waals surface area contributed by atoms with Gasteiger partial charge >= 0.3 is 0 Å². The molecule has 0 unspecified atom stereocenters. The zero-order valence-corrected chi connectivity index (χ0v) is 13.4. The van der Waals surface area contributed by atoms with E-state index in [9.17, 15) is 0 Å². The van der Waals surface area contributed by atoms with E-state index in [2.05, 4.69) is 43.7 Å². The van der Waals surface area contributed by atoms with Crippen LogP contribution in [0.5, 0.6) is 0 Å². The molecule has 0 radical (unpaired) electrons. The Hall–Kier alpha value is -1.33. The van der Waals surface area contributed by atoms with Gasteiger partial charge < -0.3 is 10.6 Å². The molecule has 1 aromatic heterocycles. The molecule has 0 atom stereocenters. The molecule has 3 nitrogen and oxygen atoms in total. The summed E-state index contributed by atoms with van der Waals surface area (Å²) in [4.78, 5) is 2.38. The summed E-state index contributed by atoms with van der Waals surface area (Å²) < 4.78 is 0.887. The molecule has 20 heavy (non-hydrogen) atoms. The smallest absolute Gasteiger partial charge is 0.126 e. The summed E-state index contributed by atoms with van der Waals surface area (Å²) in [5.41, 5.74) is 8.95. The zero-order valence-electron chi connectivity index (χ0n) is 11.0. The van der Waals surface area contributed by atoms with E-state index in [1.165, 1.54) is 18.4 Å². The van der Waals surface area contributed by atoms with Gasteiger partial charge in [-0.25, -0.2) is 0 Å². The average Bonchev–Trinajstić information content (AvgIpc) is 3.12. The molecular weight excluding hydrogens is 334 g/mol. The summed E-state index contributed by atoms with van der Waals surface area (Å²) in [5, 5.41) is 12.1. The van der Waals surface area contributed by atoms with Crippen LogP contribution in [0.25, 0.3) is 0 Å². The lowest BCUT2D eigenvalue weighted by atomic mass is 10.1. The number of halogens is 1. The van der Waals surface area contributed by atoms with Crippen molar-refractivity contribution in [2.75, 3.05) is 4.90 Å². The quantitative estimate of drug-likeness (QED) is 0.633. The van der Waals surface area contributed by atoms with Gasteiger partial charge in [-0.1, -0.05) is 6.07 Å². The number of amidine groups is 1. The molecule has 1 aromatic carbocycles. The largest absolute Gasteiger partial charge is 0.384 e. The fourth-order valence-electron chi connectivity index (χ4n) is 2.40. The standard InChI is InChI=1S/C15H16BrN3S/c16-12-2-1-3-13(14(12)15(17)18)19(11-4-5-11)8-10-6-7-20-9-10/h1-3,6-7,9,11H,4-5,8H2,(H3,17,18). The van der Waals surface area contributed by atoms with Crippen molar-refractivity contribution in [3.63, 3.8) is 0 Å². The van der Waals surface area contributed by atoms with E-state index in [0.29, 0.717) is 6.04 Å². The minimum absolute atomic E-state index is 0.114. The molecule has 2 aromatic rings. The molecule has 1 aliphatic rings. The van der Waals surface area contributed by atoms with Gasteiger partial charge in [0, 0.05) is 22.7 Å². The Morgan fingerprint density at radius 3 is 2.80 bits per heavy atom. The van der Waals surface area contributed by atoms with Crippen LogP contribution in [0.15, 0.2) is 39.5 Å². The fourth-order valence-corrected chi connectivity index (χ4v) is 3.62. The number of benzene rings is 1. The summed E-state index contributed by atoms with van der Waals surface area (Å²) in [5.74, 6) is 0.114. The Balaban J connectivity index is 1.99. The van der Waals surface area contributed by atoms with Gasteiger partial charge in [0.15, 0.2) is 0 Å². The number of thiophene rings is 1. The number of hydrogen-bond acceptors (Lipinski definition) is 3. The predicted molar refractivity (Wildman–Crippen MR) is 88.7 cm³/mol. The first-order valence-corrected chi connectivity index (χ1v) is 8.31. The monoisotopic (exact) mass is 349 g/mol. The lowest BCUT2D eigenvalue weighted by Crippen LogP contribution is -2.28. The fraction of sp³-hybridized carbons (Fsp3) is 0.267. The van der Waals surface area contributed by atoms with Crippen LogP contribution in [-0.4, -0.2) is 11.9 Å². The minimum Gasteiger partial charge on any atom is -0.384 e. The lowest BCUT2D eigenvalue weighted by Gasteiger charge is -2.27. The highest BCUT2D eigenvalue weighted by molar-refractivity contribution is 9.10. The summed E-state index contributed by atoms with van der Waals surface area (Å²) in [7, 11) is 0. The predicted octanol–water partition coefficient (Wildman–Crippen LogP) is 3.96. The van der Waals surface area contributed by atoms with E-state index in [-0.39, 0.29) is 5.84 Å². The van der Waals surface area contributed by atoms with Gasteiger partial charge in [0.1, 0.15) is 5.84 Å². The molecule has 5 heteroatoms. The number of hydrogen-bond donors (Lipinski definition) is 2. The Labute approximate surface area is 131 Å². The molecule has 1 heterocycles. The van der Waals surface area contributed by atoms with Crippen LogP contribution in [0.1, 0.15) is 24.0 Å². The van der Waals surface area contributed by atoms with Crippen LogP contribution >= 0.6 is 27.3 Å². The van der Waals surface area contributed by atoms with E-state index in [0.717, 1.165) is 22.3 Å². The van der Waals surface area contributed by atoms with Crippen LogP contribution in [0.2, 0.25) is 0 Å². The maximum Gasteiger partial charge on any atom is 0.126 e. The second-order valence-electron chi connectivity index (χ2n) is 5.04. The average molecular weight is 350 g/mol. The van der Waals surface area contributed by atoms with Crippen molar-refractivity contribution in [2.24, 2.45) is 5.73 Å². The van der Waals surface area contributed by atoms with Gasteiger partial charge in [-0.2, -0.15) is 11.3 Å². The van der Waals surface area contributed by atoms with Crippen LogP contribution in [0.3, 0.4) is 0 Å². The van der Waals surface area contributed by atoms with Crippen molar-refractivity contribution >= 4 is 38.8 Å². The first kappa shape index (κ1) is 13.6. The molecule has 0 aliphatic heterocycles. The minimum atomic E-state index is 0.114. The maximum atomic E-state index is 7.84. The van der Waals surface area contributed by atoms with Gasteiger partial charge in [-0.15, -0.1) is 0 Å². The topological polar surface area (TPSA) is 53.1 Å². The van der Waals surface area contributed by atoms with E-state index >= 15 is 0 Å². The molecule has 0 bridgehead atoms. The molecule has 3 N–H and O–H groups in total. The third-order valence-electron chi connectivity index (χ3n) is 3.49. The van der Waals surface area contributed by atoms with Crippen molar-refractivity contribution in [1.29, 1.82) is 5.41 Å². The second-order valence-corrected chi connectivity index (χ2v) is 6.67. The highest BCUT2D eigenvalue weighted by Gasteiger charge is 2.31. The third kappa shape index (κ3) is 2.74. The molecule has 1 fully saturated rings. The molecule has 104 valence electrons. The SMILES string of the molecule is N=C(N)c1c(Br)cccc1N(Cc1ccsc1)C1CC1. The van der Waals surface area contributed by atoms with Crippen molar-refractivity contribution < 1.29 is 0 Å². The zero-order chi connectivity index (χ0) is 14.1. The highest BCUT2D eigenvalue weighted by Crippen LogP contribution is 2.37. The van der Waals surface area contributed by atoms with Crippen molar-refractivity contribution in [3.05, 3.63) is 50.6 Å². The Kier molecular flexibility index (Phi) is 3.81. The highest BCUT2D eigenvalue weighted by atomic mass is 79.9. The first-order valence-electron chi connectivity index (χ1n) is 6.57. The molecule has 0 spiro atoms. The number of nitrogen functional groups attached to an aromatic ring is 1. The molecular formula is C15H16BrN3S. The number of anilines is 1. The summed E-state index contributed by atoms with van der Waals surface area (Å²) in [6.45, 7) is 0.880. The van der Waals surface area contributed by atoms with Gasteiger partial charge in [-0.05, 0) is 63.3 Å². The van der Waals surface area contributed by atoms with E-state index in [1.54, 1.807) is 11.3 Å². The Morgan fingerprint density at radius 1 is 1.40 bits per heavy atom. The summed E-state index contributed by atoms with van der Waals surface area (Å²) in [6.07, 6.45) is 2.43. The number of nitrogens with two attached hydrogens (primary N) is 1.